The van der Waals surface area contributed by atoms with Gasteiger partial charge in [0, 0.05) is 28.6 Å². The summed E-state index contributed by atoms with van der Waals surface area (Å²) in [5.41, 5.74) is 8.61. The number of hydrogen-bond acceptors (Lipinski definition) is 4. The first-order valence-corrected chi connectivity index (χ1v) is 13.5. The van der Waals surface area contributed by atoms with Crippen molar-refractivity contribution in [2.75, 3.05) is 4.90 Å². The Morgan fingerprint density at radius 2 is 1.63 bits per heavy atom. The van der Waals surface area contributed by atoms with Gasteiger partial charge < -0.3 is 9.64 Å². The Morgan fingerprint density at radius 1 is 0.789 bits per heavy atom. The molecule has 188 valence electrons. The van der Waals surface area contributed by atoms with Gasteiger partial charge in [0.25, 0.3) is 0 Å². The Labute approximate surface area is 223 Å². The molecule has 0 saturated heterocycles. The number of H-pyrrole nitrogens is 1. The number of benzene rings is 3. The van der Waals surface area contributed by atoms with E-state index in [0.29, 0.717) is 0 Å². The molecular weight excluding hydrogens is 468 g/mol. The number of aryl methyl sites for hydroxylation is 1. The Kier molecular flexibility index (Phi) is 5.50. The third-order valence-corrected chi connectivity index (χ3v) is 8.05. The minimum Gasteiger partial charge on any atom is -0.453 e. The highest BCUT2D eigenvalue weighted by Gasteiger charge is 2.37. The minimum absolute atomic E-state index is 0.0709. The van der Waals surface area contributed by atoms with Crippen molar-refractivity contribution < 1.29 is 4.74 Å². The van der Waals surface area contributed by atoms with E-state index >= 15 is 0 Å². The van der Waals surface area contributed by atoms with Gasteiger partial charge in [0.15, 0.2) is 11.5 Å². The number of fused-ring (bicyclic) bond motifs is 2. The van der Waals surface area contributed by atoms with Crippen LogP contribution in [0, 0.1) is 6.92 Å². The summed E-state index contributed by atoms with van der Waals surface area (Å²) in [5, 5.41) is 7.57. The highest BCUT2D eigenvalue weighted by Crippen LogP contribution is 2.52. The highest BCUT2D eigenvalue weighted by atomic mass is 16.5. The number of ether oxygens (including phenoxy) is 1. The van der Waals surface area contributed by atoms with Gasteiger partial charge in [-0.05, 0) is 86.0 Å². The molecule has 1 fully saturated rings. The fourth-order valence-corrected chi connectivity index (χ4v) is 6.19. The Bertz CT molecular complexity index is 1600. The Hall–Kier alpha value is -4.38. The van der Waals surface area contributed by atoms with Gasteiger partial charge in [0.2, 0.25) is 0 Å². The van der Waals surface area contributed by atoms with E-state index in [9.17, 15) is 0 Å². The molecule has 0 spiro atoms. The average Bonchev–Trinajstić information content (AvgIpc) is 3.42. The molecule has 0 bridgehead atoms. The zero-order chi connectivity index (χ0) is 25.5. The summed E-state index contributed by atoms with van der Waals surface area (Å²) in [6.45, 7) is 2.02. The van der Waals surface area contributed by atoms with Gasteiger partial charge in [-0.15, -0.1) is 0 Å². The Morgan fingerprint density at radius 3 is 2.45 bits per heavy atom. The third kappa shape index (κ3) is 3.77. The zero-order valence-electron chi connectivity index (χ0n) is 21.5. The maximum atomic E-state index is 6.38. The number of nitrogens with one attached hydrogen (secondary N) is 1. The summed E-state index contributed by atoms with van der Waals surface area (Å²) in [4.78, 5) is 7.20. The fourth-order valence-electron chi connectivity index (χ4n) is 6.19. The van der Waals surface area contributed by atoms with Crippen LogP contribution in [0.1, 0.15) is 49.1 Å². The van der Waals surface area contributed by atoms with Crippen LogP contribution < -0.4 is 9.64 Å². The van der Waals surface area contributed by atoms with Crippen LogP contribution in [0.25, 0.3) is 11.3 Å². The second-order valence-electron chi connectivity index (χ2n) is 10.4. The molecule has 0 radical (unpaired) electrons. The second kappa shape index (κ2) is 9.18. The van der Waals surface area contributed by atoms with E-state index in [2.05, 4.69) is 87.9 Å². The SMILES string of the molecule is Cc1cc(-c2ccc3c(c2)N(c2cccc(C4(c5ccccn5)CCCCC4)c2)c2ccccc2O3)n[nH]1. The molecule has 1 aliphatic heterocycles. The van der Waals surface area contributed by atoms with Gasteiger partial charge in [-0.1, -0.05) is 49.6 Å². The quantitative estimate of drug-likeness (QED) is 0.264. The molecule has 3 heterocycles. The summed E-state index contributed by atoms with van der Waals surface area (Å²) < 4.78 is 6.38. The number of hydrogen-bond donors (Lipinski definition) is 1. The molecule has 5 nitrogen and oxygen atoms in total. The standard InChI is InChI=1S/C33H30N4O/c1-23-20-27(36-35-23)24-15-16-31-29(21-24)37(28-12-3-4-13-30(28)38-31)26-11-9-10-25(22-26)33(17-6-2-7-18-33)32-14-5-8-19-34-32/h3-5,8-16,19-22H,2,6-7,17-18H2,1H3,(H,35,36). The van der Waals surface area contributed by atoms with Crippen molar-refractivity contribution in [2.24, 2.45) is 0 Å². The predicted octanol–water partition coefficient (Wildman–Crippen LogP) is 8.61. The lowest BCUT2D eigenvalue weighted by Gasteiger charge is -2.39. The van der Waals surface area contributed by atoms with Crippen molar-refractivity contribution in [2.45, 2.75) is 44.4 Å². The number of aromatic amines is 1. The van der Waals surface area contributed by atoms with Crippen molar-refractivity contribution in [1.29, 1.82) is 0 Å². The van der Waals surface area contributed by atoms with Crippen molar-refractivity contribution in [1.82, 2.24) is 15.2 Å². The van der Waals surface area contributed by atoms with Crippen LogP contribution in [-0.4, -0.2) is 15.2 Å². The smallest absolute Gasteiger partial charge is 0.151 e. The summed E-state index contributed by atoms with van der Waals surface area (Å²) in [6, 6.07) is 32.1. The molecular formula is C33H30N4O. The maximum absolute atomic E-state index is 6.38. The Balaban J connectivity index is 1.39. The van der Waals surface area contributed by atoms with Crippen LogP contribution in [0.2, 0.25) is 0 Å². The topological polar surface area (TPSA) is 54.0 Å². The second-order valence-corrected chi connectivity index (χ2v) is 10.4. The van der Waals surface area contributed by atoms with E-state index < -0.39 is 0 Å². The molecule has 1 aliphatic carbocycles. The lowest BCUT2D eigenvalue weighted by molar-refractivity contribution is 0.338. The molecule has 38 heavy (non-hydrogen) atoms. The fraction of sp³-hybridized carbons (Fsp3) is 0.212. The minimum atomic E-state index is -0.0709. The predicted molar refractivity (Wildman–Crippen MR) is 152 cm³/mol. The van der Waals surface area contributed by atoms with Gasteiger partial charge in [0.05, 0.1) is 22.8 Å². The number of nitrogens with zero attached hydrogens (tertiary/aromatic N) is 3. The molecule has 1 saturated carbocycles. The zero-order valence-corrected chi connectivity index (χ0v) is 21.5. The van der Waals surface area contributed by atoms with Crippen LogP contribution in [-0.2, 0) is 5.41 Å². The normalized spacial score (nSPS) is 15.9. The van der Waals surface area contributed by atoms with Crippen molar-refractivity contribution in [3.05, 3.63) is 114 Å². The van der Waals surface area contributed by atoms with Crippen LogP contribution in [0.5, 0.6) is 11.5 Å². The van der Waals surface area contributed by atoms with E-state index in [1.54, 1.807) is 0 Å². The van der Waals surface area contributed by atoms with Crippen molar-refractivity contribution in [3.63, 3.8) is 0 Å². The van der Waals surface area contributed by atoms with E-state index in [1.165, 1.54) is 30.5 Å². The van der Waals surface area contributed by atoms with E-state index in [4.69, 9.17) is 9.72 Å². The van der Waals surface area contributed by atoms with Gasteiger partial charge in [-0.2, -0.15) is 5.10 Å². The number of anilines is 3. The third-order valence-electron chi connectivity index (χ3n) is 8.05. The first-order chi connectivity index (χ1) is 18.7. The molecule has 3 aromatic carbocycles. The molecule has 0 atom stereocenters. The molecule has 0 unspecified atom stereocenters. The number of pyridine rings is 1. The summed E-state index contributed by atoms with van der Waals surface area (Å²) >= 11 is 0. The molecule has 1 N–H and O–H groups in total. The van der Waals surface area contributed by atoms with Gasteiger partial charge in [0.1, 0.15) is 0 Å². The van der Waals surface area contributed by atoms with Gasteiger partial charge in [-0.25, -0.2) is 0 Å². The van der Waals surface area contributed by atoms with E-state index in [-0.39, 0.29) is 5.41 Å². The lowest BCUT2D eigenvalue weighted by atomic mass is 9.67. The van der Waals surface area contributed by atoms with E-state index in [0.717, 1.165) is 58.4 Å². The maximum Gasteiger partial charge on any atom is 0.151 e. The summed E-state index contributed by atoms with van der Waals surface area (Å²) in [7, 11) is 0. The molecule has 2 aliphatic rings. The largest absolute Gasteiger partial charge is 0.453 e. The number of para-hydroxylation sites is 2. The van der Waals surface area contributed by atoms with Crippen LogP contribution in [0.4, 0.5) is 17.1 Å². The number of rotatable bonds is 4. The highest BCUT2D eigenvalue weighted by molar-refractivity contribution is 5.88. The lowest BCUT2D eigenvalue weighted by Crippen LogP contribution is -2.31. The average molecular weight is 499 g/mol. The summed E-state index contributed by atoms with van der Waals surface area (Å²) in [5.74, 6) is 1.69. The molecule has 5 aromatic rings. The van der Waals surface area contributed by atoms with E-state index in [1.807, 2.05) is 31.3 Å². The first kappa shape index (κ1) is 22.8. The van der Waals surface area contributed by atoms with Gasteiger partial charge >= 0.3 is 0 Å². The molecule has 5 heteroatoms. The van der Waals surface area contributed by atoms with Gasteiger partial charge in [-0.3, -0.25) is 10.1 Å². The summed E-state index contributed by atoms with van der Waals surface area (Å²) in [6.07, 6.45) is 7.89. The molecule has 7 rings (SSSR count). The van der Waals surface area contributed by atoms with Crippen molar-refractivity contribution >= 4 is 17.1 Å². The van der Waals surface area contributed by atoms with Crippen molar-refractivity contribution in [3.8, 4) is 22.8 Å². The molecule has 2 aromatic heterocycles. The monoisotopic (exact) mass is 498 g/mol. The first-order valence-electron chi connectivity index (χ1n) is 13.5. The van der Waals surface area contributed by atoms with Crippen LogP contribution >= 0.6 is 0 Å². The van der Waals surface area contributed by atoms with Crippen LogP contribution in [0.15, 0.2) is 97.2 Å². The number of aromatic nitrogens is 3. The van der Waals surface area contributed by atoms with Crippen LogP contribution in [0.3, 0.4) is 0 Å². The molecule has 0 amide bonds.